The molecule has 1 N–H and O–H groups in total. The largest absolute Gasteiger partial charge is 0.372 e. The molecule has 0 spiro atoms. The Morgan fingerprint density at radius 2 is 2.00 bits per heavy atom. The molecule has 0 aliphatic carbocycles. The Balaban J connectivity index is 2.49. The fourth-order valence-corrected chi connectivity index (χ4v) is 1.45. The second-order valence-corrected chi connectivity index (χ2v) is 3.22. The average Bonchev–Trinajstić information content (AvgIpc) is 2.39. The second kappa shape index (κ2) is 4.41. The molecule has 2 aromatic heterocycles. The van der Waals surface area contributed by atoms with E-state index < -0.39 is 0 Å². The third kappa shape index (κ3) is 1.84. The summed E-state index contributed by atoms with van der Waals surface area (Å²) in [5.41, 5.74) is 2.46. The molecule has 2 heterocycles. The van der Waals surface area contributed by atoms with Gasteiger partial charge in [0.2, 0.25) is 0 Å². The van der Waals surface area contributed by atoms with E-state index in [2.05, 4.69) is 21.4 Å². The van der Waals surface area contributed by atoms with Crippen molar-refractivity contribution in [3.63, 3.8) is 0 Å². The molecule has 0 amide bonds. The Hall–Kier alpha value is -2.41. The highest BCUT2D eigenvalue weighted by Crippen LogP contribution is 2.21. The maximum absolute atomic E-state index is 8.98. The van der Waals surface area contributed by atoms with Crippen molar-refractivity contribution in [3.05, 3.63) is 42.4 Å². The number of hydrogen-bond acceptors (Lipinski definition) is 4. The highest BCUT2D eigenvalue weighted by molar-refractivity contribution is 5.67. The van der Waals surface area contributed by atoms with Gasteiger partial charge in [-0.25, -0.2) is 4.98 Å². The van der Waals surface area contributed by atoms with Crippen LogP contribution in [0.1, 0.15) is 5.56 Å². The van der Waals surface area contributed by atoms with Gasteiger partial charge in [-0.3, -0.25) is 4.98 Å². The number of nitriles is 1. The van der Waals surface area contributed by atoms with Crippen molar-refractivity contribution in [2.75, 3.05) is 12.4 Å². The molecule has 0 aromatic carbocycles. The minimum Gasteiger partial charge on any atom is -0.372 e. The first-order chi connectivity index (χ1) is 7.85. The van der Waals surface area contributed by atoms with Gasteiger partial charge in [-0.2, -0.15) is 5.26 Å². The van der Waals surface area contributed by atoms with Crippen molar-refractivity contribution in [2.24, 2.45) is 0 Å². The van der Waals surface area contributed by atoms with E-state index in [9.17, 15) is 0 Å². The van der Waals surface area contributed by atoms with Crippen LogP contribution in [0.4, 0.5) is 5.82 Å². The van der Waals surface area contributed by atoms with E-state index in [0.29, 0.717) is 11.4 Å². The first-order valence-electron chi connectivity index (χ1n) is 4.83. The van der Waals surface area contributed by atoms with Crippen molar-refractivity contribution in [2.45, 2.75) is 0 Å². The zero-order valence-electron chi connectivity index (χ0n) is 8.81. The van der Waals surface area contributed by atoms with Crippen LogP contribution in [0.3, 0.4) is 0 Å². The first kappa shape index (κ1) is 10.1. The molecule has 0 aliphatic heterocycles. The van der Waals surface area contributed by atoms with Gasteiger partial charge in [0.25, 0.3) is 0 Å². The number of aromatic nitrogens is 2. The molecule has 0 unspecified atom stereocenters. The van der Waals surface area contributed by atoms with Crippen LogP contribution in [-0.2, 0) is 0 Å². The molecule has 0 atom stereocenters. The van der Waals surface area contributed by atoms with Gasteiger partial charge in [-0.1, -0.05) is 0 Å². The van der Waals surface area contributed by atoms with Crippen molar-refractivity contribution in [3.8, 4) is 17.2 Å². The van der Waals surface area contributed by atoms with Crippen LogP contribution < -0.4 is 5.32 Å². The summed E-state index contributed by atoms with van der Waals surface area (Å²) in [4.78, 5) is 8.14. The number of rotatable bonds is 2. The maximum Gasteiger partial charge on any atom is 0.143 e. The van der Waals surface area contributed by atoms with Gasteiger partial charge >= 0.3 is 0 Å². The molecule has 78 valence electrons. The molecule has 0 fully saturated rings. The summed E-state index contributed by atoms with van der Waals surface area (Å²) in [6, 6.07) is 7.70. The minimum absolute atomic E-state index is 0.539. The Morgan fingerprint density at radius 3 is 2.62 bits per heavy atom. The number of anilines is 1. The van der Waals surface area contributed by atoms with Crippen molar-refractivity contribution >= 4 is 5.82 Å². The van der Waals surface area contributed by atoms with Crippen LogP contribution in [0, 0.1) is 11.3 Å². The van der Waals surface area contributed by atoms with Crippen LogP contribution in [0.5, 0.6) is 0 Å². The maximum atomic E-state index is 8.98. The third-order valence-electron chi connectivity index (χ3n) is 2.26. The van der Waals surface area contributed by atoms with Gasteiger partial charge in [0.15, 0.2) is 0 Å². The normalized spacial score (nSPS) is 9.50. The molecule has 0 saturated heterocycles. The number of nitrogens with zero attached hydrogens (tertiary/aromatic N) is 3. The fraction of sp³-hybridized carbons (Fsp3) is 0.0833. The average molecular weight is 210 g/mol. The van der Waals surface area contributed by atoms with E-state index in [4.69, 9.17) is 5.26 Å². The van der Waals surface area contributed by atoms with Crippen LogP contribution in [0.25, 0.3) is 11.1 Å². The summed E-state index contributed by atoms with van der Waals surface area (Å²) >= 11 is 0. The van der Waals surface area contributed by atoms with Gasteiger partial charge in [0.1, 0.15) is 11.9 Å². The lowest BCUT2D eigenvalue weighted by Crippen LogP contribution is -1.96. The second-order valence-electron chi connectivity index (χ2n) is 3.22. The minimum atomic E-state index is 0.539. The Morgan fingerprint density at radius 1 is 1.25 bits per heavy atom. The van der Waals surface area contributed by atoms with Gasteiger partial charge in [-0.15, -0.1) is 0 Å². The molecule has 0 bridgehead atoms. The summed E-state index contributed by atoms with van der Waals surface area (Å²) < 4.78 is 0. The lowest BCUT2D eigenvalue weighted by Gasteiger charge is -2.05. The molecule has 0 saturated carbocycles. The Labute approximate surface area is 93.6 Å². The molecule has 16 heavy (non-hydrogen) atoms. The van der Waals surface area contributed by atoms with E-state index in [1.54, 1.807) is 25.6 Å². The molecular weight excluding hydrogens is 200 g/mol. The standard InChI is InChI=1S/C12H10N4/c1-14-12-10(7-13)6-11(8-16-12)9-2-4-15-5-3-9/h2-6,8H,1H3,(H,14,16). The summed E-state index contributed by atoms with van der Waals surface area (Å²) in [6.45, 7) is 0. The monoisotopic (exact) mass is 210 g/mol. The van der Waals surface area contributed by atoms with E-state index >= 15 is 0 Å². The van der Waals surface area contributed by atoms with Gasteiger partial charge < -0.3 is 5.32 Å². The van der Waals surface area contributed by atoms with Gasteiger partial charge in [0, 0.05) is 31.2 Å². The SMILES string of the molecule is CNc1ncc(-c2ccncc2)cc1C#N. The smallest absolute Gasteiger partial charge is 0.143 e. The molecular formula is C12H10N4. The lowest BCUT2D eigenvalue weighted by atomic mass is 10.1. The van der Waals surface area contributed by atoms with Crippen LogP contribution in [0.2, 0.25) is 0 Å². The van der Waals surface area contributed by atoms with Crippen molar-refractivity contribution in [1.82, 2.24) is 9.97 Å². The van der Waals surface area contributed by atoms with Gasteiger partial charge in [0.05, 0.1) is 5.56 Å². The van der Waals surface area contributed by atoms with Crippen LogP contribution >= 0.6 is 0 Å². The predicted octanol–water partition coefficient (Wildman–Crippen LogP) is 2.06. The van der Waals surface area contributed by atoms with Gasteiger partial charge in [-0.05, 0) is 23.8 Å². The summed E-state index contributed by atoms with van der Waals surface area (Å²) in [6.07, 6.45) is 5.17. The molecule has 4 heteroatoms. The predicted molar refractivity (Wildman–Crippen MR) is 61.7 cm³/mol. The molecule has 0 aliphatic rings. The summed E-state index contributed by atoms with van der Waals surface area (Å²) in [7, 11) is 1.75. The van der Waals surface area contributed by atoms with E-state index in [-0.39, 0.29) is 0 Å². The zero-order valence-corrected chi connectivity index (χ0v) is 8.81. The lowest BCUT2D eigenvalue weighted by molar-refractivity contribution is 1.26. The van der Waals surface area contributed by atoms with E-state index in [1.807, 2.05) is 18.2 Å². The molecule has 2 rings (SSSR count). The zero-order chi connectivity index (χ0) is 11.4. The summed E-state index contributed by atoms with van der Waals surface area (Å²) in [5.74, 6) is 0.598. The van der Waals surface area contributed by atoms with E-state index in [1.165, 1.54) is 0 Å². The van der Waals surface area contributed by atoms with Crippen molar-refractivity contribution in [1.29, 1.82) is 5.26 Å². The highest BCUT2D eigenvalue weighted by atomic mass is 15.0. The van der Waals surface area contributed by atoms with Crippen molar-refractivity contribution < 1.29 is 0 Å². The summed E-state index contributed by atoms with van der Waals surface area (Å²) in [5, 5.41) is 11.9. The Kier molecular flexibility index (Phi) is 2.79. The molecule has 0 radical (unpaired) electrons. The quantitative estimate of drug-likeness (QED) is 0.824. The number of pyridine rings is 2. The van der Waals surface area contributed by atoms with Crippen LogP contribution in [0.15, 0.2) is 36.8 Å². The first-order valence-corrected chi connectivity index (χ1v) is 4.83. The number of hydrogen-bond donors (Lipinski definition) is 1. The topological polar surface area (TPSA) is 61.6 Å². The van der Waals surface area contributed by atoms with Crippen LogP contribution in [-0.4, -0.2) is 17.0 Å². The molecule has 2 aromatic rings. The Bertz CT molecular complexity index is 528. The van der Waals surface area contributed by atoms with E-state index in [0.717, 1.165) is 11.1 Å². The molecule has 4 nitrogen and oxygen atoms in total. The third-order valence-corrected chi connectivity index (χ3v) is 2.26. The highest BCUT2D eigenvalue weighted by Gasteiger charge is 2.04. The number of nitrogens with one attached hydrogen (secondary N) is 1. The fourth-order valence-electron chi connectivity index (χ4n) is 1.45.